The Bertz CT molecular complexity index is 1090. The number of nitrogens with zero attached hydrogens (tertiary/aromatic N) is 2. The van der Waals surface area contributed by atoms with E-state index < -0.39 is 11.7 Å². The maximum absolute atomic E-state index is 12.7. The fraction of sp³-hybridized carbons (Fsp3) is 0.464. The van der Waals surface area contributed by atoms with Crippen molar-refractivity contribution in [2.75, 3.05) is 36.7 Å². The lowest BCUT2D eigenvalue weighted by atomic mass is 9.56. The van der Waals surface area contributed by atoms with Crippen molar-refractivity contribution >= 4 is 17.3 Å². The lowest BCUT2D eigenvalue weighted by molar-refractivity contribution is -0.146. The summed E-state index contributed by atoms with van der Waals surface area (Å²) in [6.45, 7) is 5.77. The second kappa shape index (κ2) is 9.30. The number of esters is 1. The van der Waals surface area contributed by atoms with Crippen LogP contribution in [0.3, 0.4) is 0 Å². The minimum absolute atomic E-state index is 0.0261. The van der Waals surface area contributed by atoms with Crippen LogP contribution >= 0.6 is 0 Å². The molecule has 1 fully saturated rings. The molecule has 7 nitrogen and oxygen atoms in total. The molecule has 3 aliphatic rings. The monoisotopic (exact) mass is 476 g/mol. The molecule has 0 saturated carbocycles. The van der Waals surface area contributed by atoms with Crippen LogP contribution in [0.25, 0.3) is 0 Å². The summed E-state index contributed by atoms with van der Waals surface area (Å²) in [7, 11) is 2.15. The summed E-state index contributed by atoms with van der Waals surface area (Å²) in [6.07, 6.45) is 2.07. The number of carbonyl (C=O) groups is 1. The predicted octanol–water partition coefficient (Wildman–Crippen LogP) is 3.35. The highest BCUT2D eigenvalue weighted by Crippen LogP contribution is 2.63. The van der Waals surface area contributed by atoms with E-state index in [-0.39, 0.29) is 17.8 Å². The lowest BCUT2D eigenvalue weighted by Crippen LogP contribution is -2.73. The Morgan fingerprint density at radius 3 is 2.46 bits per heavy atom. The molecule has 3 unspecified atom stereocenters. The van der Waals surface area contributed by atoms with Crippen LogP contribution in [-0.4, -0.2) is 50.6 Å². The molecular formula is C28H36N4O3. The number of para-hydroxylation sites is 1. The van der Waals surface area contributed by atoms with E-state index in [1.165, 1.54) is 5.69 Å². The van der Waals surface area contributed by atoms with Gasteiger partial charge in [0.1, 0.15) is 11.7 Å². The van der Waals surface area contributed by atoms with E-state index in [9.17, 15) is 4.79 Å². The number of piperidine rings is 1. The molecule has 1 aliphatic carbocycles. The van der Waals surface area contributed by atoms with E-state index in [0.29, 0.717) is 12.6 Å². The summed E-state index contributed by atoms with van der Waals surface area (Å²) in [5, 5.41) is 0. The number of hydrogen-bond donors (Lipinski definition) is 2. The molecule has 0 radical (unpaired) electrons. The number of ether oxygens (including phenoxy) is 2. The van der Waals surface area contributed by atoms with E-state index in [1.54, 1.807) is 6.92 Å². The minimum atomic E-state index is -0.759. The Labute approximate surface area is 207 Å². The van der Waals surface area contributed by atoms with Crippen molar-refractivity contribution in [1.29, 1.82) is 0 Å². The first-order chi connectivity index (χ1) is 16.9. The minimum Gasteiger partial charge on any atom is -0.465 e. The highest BCUT2D eigenvalue weighted by atomic mass is 16.5. The SMILES string of the molecule is CCOC(=O)C(N)C1C2=C(C1c1ccc(N(C)C3CCOCC3)cc1)[C@@](C)(N)N2c1ccccc1. The summed E-state index contributed by atoms with van der Waals surface area (Å²) >= 11 is 0. The van der Waals surface area contributed by atoms with Crippen LogP contribution in [0.4, 0.5) is 11.4 Å². The van der Waals surface area contributed by atoms with Crippen molar-refractivity contribution in [3.05, 3.63) is 71.4 Å². The number of anilines is 2. The first-order valence-electron chi connectivity index (χ1n) is 12.6. The summed E-state index contributed by atoms with van der Waals surface area (Å²) in [5.41, 5.74) is 18.3. The molecule has 2 aromatic carbocycles. The molecule has 5 rings (SSSR count). The van der Waals surface area contributed by atoms with Gasteiger partial charge in [0, 0.05) is 55.2 Å². The number of rotatable bonds is 7. The molecule has 2 aliphatic heterocycles. The van der Waals surface area contributed by atoms with E-state index in [1.807, 2.05) is 37.3 Å². The van der Waals surface area contributed by atoms with Crippen LogP contribution in [0.2, 0.25) is 0 Å². The molecule has 186 valence electrons. The number of hydrogen-bond acceptors (Lipinski definition) is 7. The first kappa shape index (κ1) is 23.9. The second-order valence-corrected chi connectivity index (χ2v) is 9.94. The van der Waals surface area contributed by atoms with Gasteiger partial charge in [-0.15, -0.1) is 0 Å². The zero-order valence-corrected chi connectivity index (χ0v) is 20.8. The fourth-order valence-electron chi connectivity index (χ4n) is 6.06. The van der Waals surface area contributed by atoms with Crippen molar-refractivity contribution in [2.45, 2.75) is 50.4 Å². The molecule has 0 bridgehead atoms. The topological polar surface area (TPSA) is 94.0 Å². The fourth-order valence-corrected chi connectivity index (χ4v) is 6.06. The maximum atomic E-state index is 12.7. The third-order valence-electron chi connectivity index (χ3n) is 7.87. The quantitative estimate of drug-likeness (QED) is 0.592. The van der Waals surface area contributed by atoms with Crippen molar-refractivity contribution in [3.63, 3.8) is 0 Å². The lowest BCUT2D eigenvalue weighted by Gasteiger charge is -2.65. The van der Waals surface area contributed by atoms with Crippen molar-refractivity contribution < 1.29 is 14.3 Å². The van der Waals surface area contributed by atoms with Gasteiger partial charge >= 0.3 is 5.97 Å². The van der Waals surface area contributed by atoms with Crippen molar-refractivity contribution in [1.82, 2.24) is 0 Å². The molecule has 2 aromatic rings. The molecule has 0 amide bonds. The average Bonchev–Trinajstić information content (AvgIpc) is 2.86. The molecule has 0 spiro atoms. The number of nitrogens with two attached hydrogens (primary N) is 2. The van der Waals surface area contributed by atoms with Crippen LogP contribution < -0.4 is 21.3 Å². The third-order valence-corrected chi connectivity index (χ3v) is 7.87. The van der Waals surface area contributed by atoms with Crippen LogP contribution in [0, 0.1) is 5.92 Å². The maximum Gasteiger partial charge on any atom is 0.323 e. The second-order valence-electron chi connectivity index (χ2n) is 9.94. The third kappa shape index (κ3) is 3.92. The van der Waals surface area contributed by atoms with Gasteiger partial charge in [-0.2, -0.15) is 0 Å². The largest absolute Gasteiger partial charge is 0.465 e. The highest BCUT2D eigenvalue weighted by molar-refractivity contribution is 5.82. The van der Waals surface area contributed by atoms with Gasteiger partial charge < -0.3 is 30.7 Å². The van der Waals surface area contributed by atoms with Crippen LogP contribution in [-0.2, 0) is 14.3 Å². The molecular weight excluding hydrogens is 440 g/mol. The van der Waals surface area contributed by atoms with Crippen LogP contribution in [0.1, 0.15) is 38.2 Å². The van der Waals surface area contributed by atoms with E-state index in [2.05, 4.69) is 41.1 Å². The van der Waals surface area contributed by atoms with Gasteiger partial charge in [0.25, 0.3) is 0 Å². The van der Waals surface area contributed by atoms with Crippen LogP contribution in [0.15, 0.2) is 65.9 Å². The molecule has 0 aromatic heterocycles. The molecule has 1 saturated heterocycles. The Morgan fingerprint density at radius 2 is 1.83 bits per heavy atom. The zero-order chi connectivity index (χ0) is 24.7. The van der Waals surface area contributed by atoms with E-state index in [0.717, 1.165) is 48.6 Å². The normalized spacial score (nSPS) is 26.9. The Balaban J connectivity index is 1.47. The van der Waals surface area contributed by atoms with Gasteiger partial charge in [-0.3, -0.25) is 4.79 Å². The Hall–Kier alpha value is -2.87. The van der Waals surface area contributed by atoms with Gasteiger partial charge in [0.15, 0.2) is 0 Å². The van der Waals surface area contributed by atoms with Crippen molar-refractivity contribution in [3.8, 4) is 0 Å². The highest BCUT2D eigenvalue weighted by Gasteiger charge is 2.63. The van der Waals surface area contributed by atoms with Gasteiger partial charge in [0.05, 0.1) is 6.61 Å². The first-order valence-corrected chi connectivity index (χ1v) is 12.6. The van der Waals surface area contributed by atoms with Crippen LogP contribution in [0.5, 0.6) is 0 Å². The van der Waals surface area contributed by atoms with E-state index in [4.69, 9.17) is 20.9 Å². The standard InChI is InChI=1S/C28H36N4O3/c1-4-35-27(33)25(29)23-22(24-26(23)32(28(24,2)30)21-8-6-5-7-9-21)18-10-12-19(13-11-18)31(3)20-14-16-34-17-15-20/h5-13,20,22-23,25H,4,14-17,29-30H2,1-3H3/t22?,23?,25?,28-/m0/s1. The Morgan fingerprint density at radius 1 is 1.17 bits per heavy atom. The summed E-state index contributed by atoms with van der Waals surface area (Å²) in [4.78, 5) is 17.2. The average molecular weight is 477 g/mol. The summed E-state index contributed by atoms with van der Waals surface area (Å²) in [6, 6.07) is 18.4. The molecule has 4 N–H and O–H groups in total. The molecule has 7 heteroatoms. The smallest absolute Gasteiger partial charge is 0.323 e. The Kier molecular flexibility index (Phi) is 6.34. The number of carbonyl (C=O) groups excluding carboxylic acids is 1. The summed E-state index contributed by atoms with van der Waals surface area (Å²) in [5.74, 6) is -0.592. The van der Waals surface area contributed by atoms with Gasteiger partial charge in [-0.25, -0.2) is 0 Å². The van der Waals surface area contributed by atoms with Gasteiger partial charge in [0.2, 0.25) is 0 Å². The predicted molar refractivity (Wildman–Crippen MR) is 138 cm³/mol. The van der Waals surface area contributed by atoms with Gasteiger partial charge in [-0.1, -0.05) is 30.3 Å². The van der Waals surface area contributed by atoms with Crippen molar-refractivity contribution in [2.24, 2.45) is 17.4 Å². The molecule has 2 heterocycles. The zero-order valence-electron chi connectivity index (χ0n) is 20.8. The number of benzene rings is 2. The molecule has 35 heavy (non-hydrogen) atoms. The van der Waals surface area contributed by atoms with E-state index >= 15 is 0 Å². The molecule has 4 atom stereocenters. The summed E-state index contributed by atoms with van der Waals surface area (Å²) < 4.78 is 10.8. The van der Waals surface area contributed by atoms with Gasteiger partial charge in [-0.05, 0) is 62.1 Å².